The normalized spacial score (nSPS) is 24.4. The molecule has 1 aliphatic rings. The number of carboxylic acids is 1. The van der Waals surface area contributed by atoms with Crippen molar-refractivity contribution in [2.75, 3.05) is 19.6 Å². The van der Waals surface area contributed by atoms with Gasteiger partial charge in [0.15, 0.2) is 0 Å². The number of phenolic OH excluding ortho intramolecular Hbond substituents is 1. The molecule has 27 heavy (non-hydrogen) atoms. The molecular formula is C23H29NO3. The van der Waals surface area contributed by atoms with Gasteiger partial charge in [0.2, 0.25) is 0 Å². The van der Waals surface area contributed by atoms with E-state index in [1.807, 2.05) is 42.5 Å². The summed E-state index contributed by atoms with van der Waals surface area (Å²) < 4.78 is 0. The number of benzene rings is 2. The molecule has 1 fully saturated rings. The minimum absolute atomic E-state index is 0.00656. The zero-order valence-electron chi connectivity index (χ0n) is 16.1. The molecule has 2 aromatic rings. The Morgan fingerprint density at radius 3 is 2.59 bits per heavy atom. The highest BCUT2D eigenvalue weighted by Crippen LogP contribution is 2.40. The zero-order chi connectivity index (χ0) is 19.4. The van der Waals surface area contributed by atoms with E-state index in [1.54, 1.807) is 6.07 Å². The quantitative estimate of drug-likeness (QED) is 0.812. The molecule has 2 unspecified atom stereocenters. The van der Waals surface area contributed by atoms with Gasteiger partial charge >= 0.3 is 5.97 Å². The number of hydrogen-bond donors (Lipinski definition) is 2. The molecule has 1 saturated heterocycles. The fourth-order valence-electron chi connectivity index (χ4n) is 4.21. The molecule has 4 heteroatoms. The average Bonchev–Trinajstić information content (AvgIpc) is 2.65. The Morgan fingerprint density at radius 1 is 1.22 bits per heavy atom. The first-order valence-corrected chi connectivity index (χ1v) is 9.67. The molecule has 0 bridgehead atoms. The van der Waals surface area contributed by atoms with Gasteiger partial charge in [0, 0.05) is 13.1 Å². The van der Waals surface area contributed by atoms with E-state index in [9.17, 15) is 15.0 Å². The molecule has 0 spiro atoms. The highest BCUT2D eigenvalue weighted by atomic mass is 16.4. The predicted molar refractivity (Wildman–Crippen MR) is 107 cm³/mol. The van der Waals surface area contributed by atoms with Crippen molar-refractivity contribution in [3.05, 3.63) is 65.7 Å². The maximum Gasteiger partial charge on any atom is 0.308 e. The van der Waals surface area contributed by atoms with Crippen LogP contribution < -0.4 is 0 Å². The molecule has 2 N–H and O–H groups in total. The van der Waals surface area contributed by atoms with Crippen LogP contribution in [0.3, 0.4) is 0 Å². The van der Waals surface area contributed by atoms with Crippen LogP contribution in [0, 0.1) is 11.8 Å². The number of likely N-dealkylation sites (tertiary alicyclic amines) is 1. The fourth-order valence-corrected chi connectivity index (χ4v) is 4.21. The van der Waals surface area contributed by atoms with Gasteiger partial charge in [-0.05, 0) is 54.0 Å². The van der Waals surface area contributed by atoms with Gasteiger partial charge in [0.1, 0.15) is 5.75 Å². The van der Waals surface area contributed by atoms with E-state index in [-0.39, 0.29) is 5.41 Å². The van der Waals surface area contributed by atoms with Crippen LogP contribution in [-0.4, -0.2) is 40.7 Å². The summed E-state index contributed by atoms with van der Waals surface area (Å²) in [5, 5.41) is 19.5. The van der Waals surface area contributed by atoms with Crippen molar-refractivity contribution in [1.29, 1.82) is 0 Å². The molecule has 3 rings (SSSR count). The lowest BCUT2D eigenvalue weighted by atomic mass is 9.68. The van der Waals surface area contributed by atoms with Crippen LogP contribution in [0.15, 0.2) is 54.6 Å². The van der Waals surface area contributed by atoms with Gasteiger partial charge in [-0.2, -0.15) is 0 Å². The topological polar surface area (TPSA) is 60.8 Å². The molecule has 0 saturated carbocycles. The Bertz CT molecular complexity index is 776. The van der Waals surface area contributed by atoms with Gasteiger partial charge < -0.3 is 15.1 Å². The number of aliphatic carboxylic acids is 1. The van der Waals surface area contributed by atoms with Gasteiger partial charge in [0.25, 0.3) is 0 Å². The maximum absolute atomic E-state index is 11.8. The summed E-state index contributed by atoms with van der Waals surface area (Å²) in [6, 6.07) is 17.4. The number of carboxylic acid groups (broad SMARTS) is 1. The molecule has 3 atom stereocenters. The number of phenols is 1. The van der Waals surface area contributed by atoms with E-state index in [4.69, 9.17) is 0 Å². The van der Waals surface area contributed by atoms with Crippen LogP contribution in [0.5, 0.6) is 5.75 Å². The summed E-state index contributed by atoms with van der Waals surface area (Å²) in [5.74, 6) is -0.450. The first-order chi connectivity index (χ1) is 12.9. The third kappa shape index (κ3) is 4.51. The lowest BCUT2D eigenvalue weighted by Crippen LogP contribution is -2.49. The fraction of sp³-hybridized carbons (Fsp3) is 0.435. The molecule has 0 amide bonds. The SMILES string of the molecule is CC1CN(C[C@@H](Cc2ccccc2)C(=O)O)CCC1(C)c1cccc(O)c1. The molecule has 0 aliphatic carbocycles. The summed E-state index contributed by atoms with van der Waals surface area (Å²) in [6.45, 7) is 6.79. The molecule has 0 radical (unpaired) electrons. The van der Waals surface area contributed by atoms with Gasteiger partial charge in [-0.1, -0.05) is 56.3 Å². The van der Waals surface area contributed by atoms with Crippen molar-refractivity contribution in [2.24, 2.45) is 11.8 Å². The second kappa shape index (κ2) is 8.13. The predicted octanol–water partition coefficient (Wildman–Crippen LogP) is 3.94. The van der Waals surface area contributed by atoms with Crippen molar-refractivity contribution in [2.45, 2.75) is 32.1 Å². The van der Waals surface area contributed by atoms with E-state index in [0.717, 1.165) is 30.6 Å². The Kier molecular flexibility index (Phi) is 5.85. The van der Waals surface area contributed by atoms with E-state index in [2.05, 4.69) is 24.8 Å². The zero-order valence-corrected chi connectivity index (χ0v) is 16.1. The van der Waals surface area contributed by atoms with Crippen LogP contribution in [0.2, 0.25) is 0 Å². The van der Waals surface area contributed by atoms with Crippen molar-refractivity contribution < 1.29 is 15.0 Å². The highest BCUT2D eigenvalue weighted by molar-refractivity contribution is 5.70. The van der Waals surface area contributed by atoms with Crippen LogP contribution in [0.25, 0.3) is 0 Å². The molecule has 2 aromatic carbocycles. The van der Waals surface area contributed by atoms with Crippen molar-refractivity contribution in [3.63, 3.8) is 0 Å². The molecule has 0 aromatic heterocycles. The molecule has 144 valence electrons. The Hall–Kier alpha value is -2.33. The summed E-state index contributed by atoms with van der Waals surface area (Å²) in [5.41, 5.74) is 2.22. The lowest BCUT2D eigenvalue weighted by Gasteiger charge is -2.45. The Morgan fingerprint density at radius 2 is 1.96 bits per heavy atom. The van der Waals surface area contributed by atoms with Crippen molar-refractivity contribution in [1.82, 2.24) is 4.90 Å². The Labute approximate surface area is 161 Å². The van der Waals surface area contributed by atoms with Crippen LogP contribution in [-0.2, 0) is 16.6 Å². The van der Waals surface area contributed by atoms with Gasteiger partial charge in [-0.3, -0.25) is 4.79 Å². The summed E-state index contributed by atoms with van der Waals surface area (Å²) in [4.78, 5) is 14.1. The number of hydrogen-bond acceptors (Lipinski definition) is 3. The van der Waals surface area contributed by atoms with E-state index in [1.165, 1.54) is 0 Å². The Balaban J connectivity index is 1.67. The van der Waals surface area contributed by atoms with Gasteiger partial charge in [-0.15, -0.1) is 0 Å². The first kappa shape index (κ1) is 19.4. The largest absolute Gasteiger partial charge is 0.508 e. The van der Waals surface area contributed by atoms with Crippen molar-refractivity contribution >= 4 is 5.97 Å². The van der Waals surface area contributed by atoms with Crippen LogP contribution >= 0.6 is 0 Å². The van der Waals surface area contributed by atoms with Gasteiger partial charge in [0.05, 0.1) is 5.92 Å². The van der Waals surface area contributed by atoms with Crippen LogP contribution in [0.4, 0.5) is 0 Å². The smallest absolute Gasteiger partial charge is 0.308 e. The number of rotatable bonds is 6. The number of nitrogens with zero attached hydrogens (tertiary/aromatic N) is 1. The van der Waals surface area contributed by atoms with E-state index in [0.29, 0.717) is 24.6 Å². The second-order valence-electron chi connectivity index (χ2n) is 8.10. The second-order valence-corrected chi connectivity index (χ2v) is 8.10. The van der Waals surface area contributed by atoms with E-state index < -0.39 is 11.9 Å². The number of carbonyl (C=O) groups is 1. The summed E-state index contributed by atoms with van der Waals surface area (Å²) in [7, 11) is 0. The standard InChI is InChI=1S/C23H29NO3/c1-17-15-24(12-11-23(17,2)20-9-6-10-21(25)14-20)16-19(22(26)27)13-18-7-4-3-5-8-18/h3-10,14,17,19,25H,11-13,15-16H2,1-2H3,(H,26,27)/t17?,19-,23?/m1/s1. The lowest BCUT2D eigenvalue weighted by molar-refractivity contribution is -0.142. The monoisotopic (exact) mass is 367 g/mol. The maximum atomic E-state index is 11.8. The third-order valence-corrected chi connectivity index (χ3v) is 6.23. The van der Waals surface area contributed by atoms with Gasteiger partial charge in [-0.25, -0.2) is 0 Å². The van der Waals surface area contributed by atoms with E-state index >= 15 is 0 Å². The van der Waals surface area contributed by atoms with Crippen molar-refractivity contribution in [3.8, 4) is 5.75 Å². The first-order valence-electron chi connectivity index (χ1n) is 9.67. The molecule has 1 heterocycles. The average molecular weight is 367 g/mol. The molecule has 1 aliphatic heterocycles. The van der Waals surface area contributed by atoms with Crippen LogP contribution in [0.1, 0.15) is 31.4 Å². The molecular weight excluding hydrogens is 338 g/mol. The minimum atomic E-state index is -0.729. The summed E-state index contributed by atoms with van der Waals surface area (Å²) >= 11 is 0. The summed E-state index contributed by atoms with van der Waals surface area (Å²) in [6.07, 6.45) is 1.51. The number of aromatic hydroxyl groups is 1. The molecule has 4 nitrogen and oxygen atoms in total. The third-order valence-electron chi connectivity index (χ3n) is 6.23. The number of piperidine rings is 1. The minimum Gasteiger partial charge on any atom is -0.508 e. The highest BCUT2D eigenvalue weighted by Gasteiger charge is 2.39.